The second-order valence-electron chi connectivity index (χ2n) is 3.72. The lowest BCUT2D eigenvalue weighted by Gasteiger charge is -2.38. The Labute approximate surface area is 85.7 Å². The van der Waals surface area contributed by atoms with Gasteiger partial charge in [0.25, 0.3) is 0 Å². The molecule has 0 saturated carbocycles. The summed E-state index contributed by atoms with van der Waals surface area (Å²) in [6.45, 7) is 2.58. The van der Waals surface area contributed by atoms with Crippen LogP contribution >= 0.6 is 0 Å². The van der Waals surface area contributed by atoms with Crippen molar-refractivity contribution in [1.82, 2.24) is 0 Å². The van der Waals surface area contributed by atoms with Gasteiger partial charge in [0.2, 0.25) is 0 Å². The van der Waals surface area contributed by atoms with Crippen molar-refractivity contribution in [3.63, 3.8) is 0 Å². The highest BCUT2D eigenvalue weighted by molar-refractivity contribution is 4.84. The summed E-state index contributed by atoms with van der Waals surface area (Å²) in [5.41, 5.74) is 0. The van der Waals surface area contributed by atoms with E-state index in [2.05, 4.69) is 6.08 Å². The van der Waals surface area contributed by atoms with Crippen molar-refractivity contribution >= 4 is 0 Å². The van der Waals surface area contributed by atoms with E-state index in [1.807, 2.05) is 13.0 Å². The summed E-state index contributed by atoms with van der Waals surface area (Å²) in [6.07, 6.45) is 6.86. The molecular formula is C11H20O3. The molecule has 1 aliphatic rings. The molecule has 0 amide bonds. The molecule has 0 bridgehead atoms. The van der Waals surface area contributed by atoms with E-state index in [1.54, 1.807) is 7.11 Å². The highest BCUT2D eigenvalue weighted by Gasteiger charge is 2.36. The lowest BCUT2D eigenvalue weighted by atomic mass is 9.98. The predicted octanol–water partition coefficient (Wildman–Crippen LogP) is 1.86. The Morgan fingerprint density at radius 2 is 2.43 bits per heavy atom. The number of hydrogen-bond acceptors (Lipinski definition) is 3. The van der Waals surface area contributed by atoms with Gasteiger partial charge in [-0.1, -0.05) is 12.2 Å². The summed E-state index contributed by atoms with van der Waals surface area (Å²) >= 11 is 0. The summed E-state index contributed by atoms with van der Waals surface area (Å²) in [4.78, 5) is 0. The van der Waals surface area contributed by atoms with Gasteiger partial charge in [0.1, 0.15) is 0 Å². The average Bonchev–Trinajstić information content (AvgIpc) is 2.18. The van der Waals surface area contributed by atoms with Gasteiger partial charge in [0, 0.05) is 20.0 Å². The smallest absolute Gasteiger partial charge is 0.170 e. The third-order valence-electron chi connectivity index (χ3n) is 2.66. The maximum Gasteiger partial charge on any atom is 0.170 e. The van der Waals surface area contributed by atoms with Gasteiger partial charge >= 0.3 is 0 Å². The van der Waals surface area contributed by atoms with Gasteiger partial charge in [-0.2, -0.15) is 0 Å². The maximum atomic E-state index is 9.55. The number of ether oxygens (including phenoxy) is 2. The van der Waals surface area contributed by atoms with Gasteiger partial charge in [-0.25, -0.2) is 0 Å². The van der Waals surface area contributed by atoms with Crippen LogP contribution in [0.5, 0.6) is 0 Å². The van der Waals surface area contributed by atoms with Crippen molar-refractivity contribution < 1.29 is 14.6 Å². The van der Waals surface area contributed by atoms with Gasteiger partial charge in [-0.15, -0.1) is 0 Å². The highest BCUT2D eigenvalue weighted by atomic mass is 16.7. The van der Waals surface area contributed by atoms with E-state index in [0.29, 0.717) is 19.4 Å². The highest BCUT2D eigenvalue weighted by Crippen LogP contribution is 2.30. The molecule has 0 aromatic heterocycles. The molecular weight excluding hydrogens is 180 g/mol. The quantitative estimate of drug-likeness (QED) is 0.704. The molecule has 82 valence electrons. The Kier molecular flexibility index (Phi) is 4.58. The first-order chi connectivity index (χ1) is 6.72. The number of rotatable bonds is 4. The Bertz CT molecular complexity index is 191. The molecule has 14 heavy (non-hydrogen) atoms. The van der Waals surface area contributed by atoms with Crippen LogP contribution in [0, 0.1) is 0 Å². The first-order valence-electron chi connectivity index (χ1n) is 5.21. The molecule has 3 heteroatoms. The topological polar surface area (TPSA) is 38.7 Å². The Morgan fingerprint density at radius 1 is 1.64 bits per heavy atom. The van der Waals surface area contributed by atoms with Crippen molar-refractivity contribution in [3.05, 3.63) is 12.2 Å². The van der Waals surface area contributed by atoms with Gasteiger partial charge in [0.05, 0.1) is 12.7 Å². The van der Waals surface area contributed by atoms with Crippen LogP contribution in [0.2, 0.25) is 0 Å². The predicted molar refractivity (Wildman–Crippen MR) is 55.0 cm³/mol. The van der Waals surface area contributed by atoms with Crippen molar-refractivity contribution in [3.8, 4) is 0 Å². The van der Waals surface area contributed by atoms with Crippen molar-refractivity contribution in [2.75, 3.05) is 13.7 Å². The molecule has 2 atom stereocenters. The first-order valence-corrected chi connectivity index (χ1v) is 5.21. The van der Waals surface area contributed by atoms with Gasteiger partial charge in [-0.3, -0.25) is 0 Å². The molecule has 1 rings (SSSR count). The Morgan fingerprint density at radius 3 is 3.00 bits per heavy atom. The SMILES string of the molecule is C/C=C/CCC1(OC)CC(O)CCO1. The van der Waals surface area contributed by atoms with E-state index in [4.69, 9.17) is 9.47 Å². The molecule has 3 nitrogen and oxygen atoms in total. The van der Waals surface area contributed by atoms with Gasteiger partial charge < -0.3 is 14.6 Å². The summed E-state index contributed by atoms with van der Waals surface area (Å²) < 4.78 is 11.0. The molecule has 0 aromatic carbocycles. The molecule has 0 radical (unpaired) electrons. The minimum atomic E-state index is -0.558. The molecule has 1 fully saturated rings. The second-order valence-corrected chi connectivity index (χ2v) is 3.72. The van der Waals surface area contributed by atoms with Crippen molar-refractivity contribution in [2.45, 2.75) is 44.5 Å². The summed E-state index contributed by atoms with van der Waals surface area (Å²) in [6, 6.07) is 0. The van der Waals surface area contributed by atoms with Crippen LogP contribution in [0.1, 0.15) is 32.6 Å². The zero-order chi connectivity index (χ0) is 10.4. The van der Waals surface area contributed by atoms with E-state index in [0.717, 1.165) is 12.8 Å². The van der Waals surface area contributed by atoms with Crippen LogP contribution in [-0.4, -0.2) is 30.7 Å². The fraction of sp³-hybridized carbons (Fsp3) is 0.818. The molecule has 2 unspecified atom stereocenters. The lowest BCUT2D eigenvalue weighted by Crippen LogP contribution is -2.43. The molecule has 1 heterocycles. The van der Waals surface area contributed by atoms with E-state index >= 15 is 0 Å². The third kappa shape index (κ3) is 3.08. The van der Waals surface area contributed by atoms with Gasteiger partial charge in [0.15, 0.2) is 5.79 Å². The van der Waals surface area contributed by atoms with E-state index in [1.165, 1.54) is 0 Å². The zero-order valence-electron chi connectivity index (χ0n) is 9.03. The number of aliphatic hydroxyl groups excluding tert-OH is 1. The van der Waals surface area contributed by atoms with Crippen molar-refractivity contribution in [2.24, 2.45) is 0 Å². The fourth-order valence-corrected chi connectivity index (χ4v) is 1.79. The number of allylic oxidation sites excluding steroid dienone is 2. The largest absolute Gasteiger partial charge is 0.393 e. The molecule has 0 spiro atoms. The molecule has 1 aliphatic heterocycles. The molecule has 1 saturated heterocycles. The summed E-state index contributed by atoms with van der Waals surface area (Å²) in [5, 5.41) is 9.55. The normalized spacial score (nSPS) is 33.8. The minimum Gasteiger partial charge on any atom is -0.393 e. The number of hydrogen-bond donors (Lipinski definition) is 1. The third-order valence-corrected chi connectivity index (χ3v) is 2.66. The number of aliphatic hydroxyl groups is 1. The monoisotopic (exact) mass is 200 g/mol. The minimum absolute atomic E-state index is 0.283. The summed E-state index contributed by atoms with van der Waals surface area (Å²) in [7, 11) is 1.65. The zero-order valence-corrected chi connectivity index (χ0v) is 9.03. The van der Waals surface area contributed by atoms with Crippen molar-refractivity contribution in [1.29, 1.82) is 0 Å². The molecule has 0 aromatic rings. The average molecular weight is 200 g/mol. The number of methoxy groups -OCH3 is 1. The first kappa shape index (κ1) is 11.7. The Hall–Kier alpha value is -0.380. The fourth-order valence-electron chi connectivity index (χ4n) is 1.79. The maximum absolute atomic E-state index is 9.55. The van der Waals surface area contributed by atoms with E-state index < -0.39 is 5.79 Å². The van der Waals surface area contributed by atoms with Crippen LogP contribution in [0.15, 0.2) is 12.2 Å². The standard InChI is InChI=1S/C11H20O3/c1-3-4-5-7-11(13-2)9-10(12)6-8-14-11/h3-4,10,12H,5-9H2,1-2H3/b4-3+. The van der Waals surface area contributed by atoms with Crippen LogP contribution in [0.25, 0.3) is 0 Å². The van der Waals surface area contributed by atoms with Crippen LogP contribution in [0.4, 0.5) is 0 Å². The molecule has 0 aliphatic carbocycles. The van der Waals surface area contributed by atoms with Crippen LogP contribution < -0.4 is 0 Å². The lowest BCUT2D eigenvalue weighted by molar-refractivity contribution is -0.262. The van der Waals surface area contributed by atoms with Crippen LogP contribution in [-0.2, 0) is 9.47 Å². The Balaban J connectivity index is 2.47. The van der Waals surface area contributed by atoms with E-state index in [9.17, 15) is 5.11 Å². The summed E-state index contributed by atoms with van der Waals surface area (Å²) in [5.74, 6) is -0.558. The van der Waals surface area contributed by atoms with Crippen LogP contribution in [0.3, 0.4) is 0 Å². The molecule has 1 N–H and O–H groups in total. The van der Waals surface area contributed by atoms with E-state index in [-0.39, 0.29) is 6.10 Å². The second kappa shape index (κ2) is 5.49. The van der Waals surface area contributed by atoms with Gasteiger partial charge in [-0.05, 0) is 19.8 Å².